The number of ether oxygens (including phenoxy) is 2. The minimum Gasteiger partial charge on any atom is -0.467 e. The molecule has 0 spiro atoms. The van der Waals surface area contributed by atoms with Gasteiger partial charge in [-0.25, -0.2) is 4.79 Å². The molecule has 1 aromatic rings. The number of carbonyl (C=O) groups is 1. The van der Waals surface area contributed by atoms with Crippen LogP contribution >= 0.6 is 0 Å². The molecule has 1 fully saturated rings. The zero-order chi connectivity index (χ0) is 13.6. The molecule has 1 aliphatic heterocycles. The number of benzene rings is 1. The fourth-order valence-corrected chi connectivity index (χ4v) is 2.23. The van der Waals surface area contributed by atoms with E-state index in [0.29, 0.717) is 0 Å². The number of hydrogen-bond donors (Lipinski definition) is 0. The Labute approximate surface area is 107 Å². The van der Waals surface area contributed by atoms with Gasteiger partial charge in [0.05, 0.1) is 7.11 Å². The van der Waals surface area contributed by atoms with Crippen molar-refractivity contribution in [1.82, 2.24) is 0 Å². The van der Waals surface area contributed by atoms with Crippen LogP contribution in [0.15, 0.2) is 24.3 Å². The van der Waals surface area contributed by atoms with Gasteiger partial charge in [0.25, 0.3) is 0 Å². The van der Waals surface area contributed by atoms with Gasteiger partial charge < -0.3 is 14.4 Å². The van der Waals surface area contributed by atoms with E-state index in [4.69, 9.17) is 9.47 Å². The highest BCUT2D eigenvalue weighted by Crippen LogP contribution is 2.56. The van der Waals surface area contributed by atoms with Crippen molar-refractivity contribution in [2.75, 3.05) is 26.1 Å². The molecule has 1 saturated heterocycles. The molecule has 1 aromatic carbocycles. The van der Waals surface area contributed by atoms with Crippen molar-refractivity contribution in [3.05, 3.63) is 29.8 Å². The average Bonchev–Trinajstić information content (AvgIpc) is 2.94. The maximum absolute atomic E-state index is 11.7. The molecule has 4 nitrogen and oxygen atoms in total. The van der Waals surface area contributed by atoms with Crippen LogP contribution in [-0.4, -0.2) is 32.8 Å². The number of hydrogen-bond acceptors (Lipinski definition) is 4. The van der Waals surface area contributed by atoms with E-state index in [1.54, 1.807) is 6.92 Å². The molecular weight excluding hydrogens is 230 g/mol. The first-order chi connectivity index (χ1) is 8.35. The van der Waals surface area contributed by atoms with E-state index in [-0.39, 0.29) is 5.97 Å². The van der Waals surface area contributed by atoms with Crippen LogP contribution in [0.4, 0.5) is 5.69 Å². The molecular formula is C14H19NO3. The van der Waals surface area contributed by atoms with Crippen LogP contribution in [0.1, 0.15) is 19.4 Å². The van der Waals surface area contributed by atoms with E-state index >= 15 is 0 Å². The van der Waals surface area contributed by atoms with Crippen LogP contribution in [0.3, 0.4) is 0 Å². The largest absolute Gasteiger partial charge is 0.467 e. The van der Waals surface area contributed by atoms with Crippen molar-refractivity contribution >= 4 is 11.7 Å². The van der Waals surface area contributed by atoms with E-state index in [1.807, 2.05) is 50.2 Å². The van der Waals surface area contributed by atoms with Gasteiger partial charge in [-0.15, -0.1) is 0 Å². The zero-order valence-corrected chi connectivity index (χ0v) is 11.5. The number of esters is 1. The van der Waals surface area contributed by atoms with Gasteiger partial charge in [0.2, 0.25) is 0 Å². The van der Waals surface area contributed by atoms with Gasteiger partial charge in [0.15, 0.2) is 5.60 Å². The summed E-state index contributed by atoms with van der Waals surface area (Å²) < 4.78 is 10.4. The summed E-state index contributed by atoms with van der Waals surface area (Å²) in [4.78, 5) is 13.7. The van der Waals surface area contributed by atoms with Crippen LogP contribution in [0.2, 0.25) is 0 Å². The highest BCUT2D eigenvalue weighted by atomic mass is 16.7. The smallest absolute Gasteiger partial charge is 0.341 e. The van der Waals surface area contributed by atoms with Crippen molar-refractivity contribution in [2.24, 2.45) is 0 Å². The van der Waals surface area contributed by atoms with Crippen LogP contribution in [0.5, 0.6) is 0 Å². The number of anilines is 1. The predicted molar refractivity (Wildman–Crippen MR) is 69.6 cm³/mol. The quantitative estimate of drug-likeness (QED) is 0.606. The third-order valence-electron chi connectivity index (χ3n) is 3.79. The molecule has 0 amide bonds. The number of epoxide rings is 1. The highest BCUT2D eigenvalue weighted by molar-refractivity contribution is 5.84. The lowest BCUT2D eigenvalue weighted by Gasteiger charge is -2.15. The summed E-state index contributed by atoms with van der Waals surface area (Å²) in [5.74, 6) is -0.332. The molecule has 2 rings (SSSR count). The van der Waals surface area contributed by atoms with Crippen LogP contribution in [0, 0.1) is 0 Å². The second-order valence-corrected chi connectivity index (χ2v) is 5.10. The predicted octanol–water partition coefficient (Wildman–Crippen LogP) is 1.93. The minimum atomic E-state index is -0.874. The molecule has 0 saturated carbocycles. The Morgan fingerprint density at radius 3 is 2.22 bits per heavy atom. The maximum atomic E-state index is 11.7. The van der Waals surface area contributed by atoms with Gasteiger partial charge in [0.1, 0.15) is 5.60 Å². The Morgan fingerprint density at radius 1 is 1.22 bits per heavy atom. The first-order valence-electron chi connectivity index (χ1n) is 5.91. The summed E-state index contributed by atoms with van der Waals surface area (Å²) in [5.41, 5.74) is 0.635. The van der Waals surface area contributed by atoms with Crippen molar-refractivity contribution in [1.29, 1.82) is 0 Å². The lowest BCUT2D eigenvalue weighted by molar-refractivity contribution is -0.146. The van der Waals surface area contributed by atoms with Crippen LogP contribution < -0.4 is 4.90 Å². The third-order valence-corrected chi connectivity index (χ3v) is 3.79. The van der Waals surface area contributed by atoms with Gasteiger partial charge in [0, 0.05) is 19.8 Å². The number of rotatable bonds is 3. The Kier molecular flexibility index (Phi) is 2.86. The standard InChI is InChI=1S/C14H19NO3/c1-13(14(2,18-13)12(16)17-5)10-6-8-11(9-7-10)15(3)4/h6-9H,1-5H3. The lowest BCUT2D eigenvalue weighted by atomic mass is 9.89. The van der Waals surface area contributed by atoms with Crippen molar-refractivity contribution in [3.8, 4) is 0 Å². The summed E-state index contributed by atoms with van der Waals surface area (Å²) in [6, 6.07) is 8.01. The van der Waals surface area contributed by atoms with Gasteiger partial charge in [-0.2, -0.15) is 0 Å². The second-order valence-electron chi connectivity index (χ2n) is 5.10. The van der Waals surface area contributed by atoms with E-state index in [2.05, 4.69) is 0 Å². The van der Waals surface area contributed by atoms with Gasteiger partial charge in [-0.05, 0) is 31.5 Å². The fraction of sp³-hybridized carbons (Fsp3) is 0.500. The topological polar surface area (TPSA) is 42.1 Å². The first kappa shape index (κ1) is 12.9. The van der Waals surface area contributed by atoms with Gasteiger partial charge >= 0.3 is 5.97 Å². The molecule has 18 heavy (non-hydrogen) atoms. The van der Waals surface area contributed by atoms with E-state index in [0.717, 1.165) is 11.3 Å². The van der Waals surface area contributed by atoms with Crippen LogP contribution in [-0.2, 0) is 19.9 Å². The van der Waals surface area contributed by atoms with Crippen LogP contribution in [0.25, 0.3) is 0 Å². The van der Waals surface area contributed by atoms with Crippen molar-refractivity contribution in [3.63, 3.8) is 0 Å². The molecule has 2 unspecified atom stereocenters. The monoisotopic (exact) mass is 249 g/mol. The summed E-state index contributed by atoms with van der Waals surface area (Å²) >= 11 is 0. The van der Waals surface area contributed by atoms with Crippen molar-refractivity contribution < 1.29 is 14.3 Å². The minimum absolute atomic E-state index is 0.332. The molecule has 4 heteroatoms. The molecule has 1 heterocycles. The molecule has 0 radical (unpaired) electrons. The Hall–Kier alpha value is -1.55. The molecule has 0 aromatic heterocycles. The van der Waals surface area contributed by atoms with E-state index < -0.39 is 11.2 Å². The average molecular weight is 249 g/mol. The third kappa shape index (κ3) is 1.68. The SMILES string of the molecule is COC(=O)C1(C)OC1(C)c1ccc(N(C)C)cc1. The van der Waals surface area contributed by atoms with E-state index in [1.165, 1.54) is 7.11 Å². The molecule has 0 bridgehead atoms. The Morgan fingerprint density at radius 2 is 1.78 bits per heavy atom. The molecule has 98 valence electrons. The Balaban J connectivity index is 2.26. The normalized spacial score (nSPS) is 29.8. The van der Waals surface area contributed by atoms with E-state index in [9.17, 15) is 4.79 Å². The summed E-state index contributed by atoms with van der Waals surface area (Å²) in [5, 5.41) is 0. The lowest BCUT2D eigenvalue weighted by Crippen LogP contribution is -2.29. The molecule has 0 aliphatic carbocycles. The summed E-state index contributed by atoms with van der Waals surface area (Å²) in [7, 11) is 5.36. The summed E-state index contributed by atoms with van der Waals surface area (Å²) in [6.45, 7) is 3.67. The van der Waals surface area contributed by atoms with Gasteiger partial charge in [-0.1, -0.05) is 12.1 Å². The molecule has 1 aliphatic rings. The number of nitrogens with zero attached hydrogens (tertiary/aromatic N) is 1. The first-order valence-corrected chi connectivity index (χ1v) is 5.91. The zero-order valence-electron chi connectivity index (χ0n) is 11.5. The molecule has 2 atom stereocenters. The Bertz CT molecular complexity index is 468. The fourth-order valence-electron chi connectivity index (χ4n) is 2.23. The highest BCUT2D eigenvalue weighted by Gasteiger charge is 2.70. The number of methoxy groups -OCH3 is 1. The van der Waals surface area contributed by atoms with Crippen molar-refractivity contribution in [2.45, 2.75) is 25.0 Å². The molecule has 0 N–H and O–H groups in total. The summed E-state index contributed by atoms with van der Waals surface area (Å²) in [6.07, 6.45) is 0. The number of carbonyl (C=O) groups excluding carboxylic acids is 1. The van der Waals surface area contributed by atoms with Gasteiger partial charge in [-0.3, -0.25) is 0 Å². The second kappa shape index (κ2) is 3.99. The maximum Gasteiger partial charge on any atom is 0.341 e.